The zero-order valence-electron chi connectivity index (χ0n) is 14.8. The monoisotopic (exact) mass is 492 g/mol. The van der Waals surface area contributed by atoms with E-state index in [-0.39, 0.29) is 6.04 Å². The Balaban J connectivity index is 1.63. The molecular weight excluding hydrogens is 479 g/mol. The molecule has 2 unspecified atom stereocenters. The van der Waals surface area contributed by atoms with Crippen molar-refractivity contribution >= 4 is 56.2 Å². The highest BCUT2D eigenvalue weighted by molar-refractivity contribution is 9.10. The number of fused-ring (bicyclic) bond motifs is 3. The van der Waals surface area contributed by atoms with Crippen LogP contribution in [0.2, 0.25) is 10.0 Å². The fourth-order valence-corrected chi connectivity index (χ4v) is 5.45. The fourth-order valence-electron chi connectivity index (χ4n) is 3.70. The summed E-state index contributed by atoms with van der Waals surface area (Å²) in [5.74, 6) is 0.860. The van der Waals surface area contributed by atoms with Gasteiger partial charge in [-0.25, -0.2) is 5.01 Å². The molecule has 5 rings (SSSR count). The summed E-state index contributed by atoms with van der Waals surface area (Å²) in [5.41, 5.74) is 3.06. The van der Waals surface area contributed by atoms with Crippen molar-refractivity contribution in [2.24, 2.45) is 5.10 Å². The van der Waals surface area contributed by atoms with E-state index in [1.165, 1.54) is 9.75 Å². The maximum Gasteiger partial charge on any atom is 0.215 e. The molecule has 0 fully saturated rings. The van der Waals surface area contributed by atoms with Crippen LogP contribution in [0.3, 0.4) is 0 Å². The van der Waals surface area contributed by atoms with Crippen molar-refractivity contribution in [2.45, 2.75) is 25.6 Å². The first kappa shape index (κ1) is 18.5. The van der Waals surface area contributed by atoms with Crippen LogP contribution in [0.1, 0.15) is 39.6 Å². The Labute approximate surface area is 185 Å². The molecule has 2 aromatic carbocycles. The first-order valence-electron chi connectivity index (χ1n) is 8.83. The highest BCUT2D eigenvalue weighted by atomic mass is 79.9. The molecule has 0 saturated carbocycles. The van der Waals surface area contributed by atoms with E-state index < -0.39 is 6.23 Å². The van der Waals surface area contributed by atoms with Crippen LogP contribution in [0.25, 0.3) is 0 Å². The third-order valence-corrected chi connectivity index (χ3v) is 7.11. The number of thiophene rings is 1. The van der Waals surface area contributed by atoms with Gasteiger partial charge in [0.2, 0.25) is 6.23 Å². The van der Waals surface area contributed by atoms with Crippen molar-refractivity contribution in [1.29, 1.82) is 0 Å². The van der Waals surface area contributed by atoms with Gasteiger partial charge in [0, 0.05) is 31.9 Å². The third kappa shape index (κ3) is 3.14. The molecule has 0 amide bonds. The molecule has 3 aromatic rings. The van der Waals surface area contributed by atoms with Crippen LogP contribution < -0.4 is 4.74 Å². The van der Waals surface area contributed by atoms with E-state index in [9.17, 15) is 0 Å². The van der Waals surface area contributed by atoms with Gasteiger partial charge in [-0.15, -0.1) is 11.3 Å². The summed E-state index contributed by atoms with van der Waals surface area (Å²) in [7, 11) is 0. The molecule has 142 valence electrons. The highest BCUT2D eigenvalue weighted by Gasteiger charge is 2.42. The molecule has 2 aliphatic heterocycles. The van der Waals surface area contributed by atoms with Gasteiger partial charge in [0.1, 0.15) is 5.75 Å². The Morgan fingerprint density at radius 1 is 1.11 bits per heavy atom. The van der Waals surface area contributed by atoms with E-state index in [2.05, 4.69) is 41.1 Å². The fraction of sp³-hybridized carbons (Fsp3) is 0.190. The number of hydrogen-bond acceptors (Lipinski definition) is 4. The van der Waals surface area contributed by atoms with Gasteiger partial charge in [-0.05, 0) is 49.4 Å². The topological polar surface area (TPSA) is 24.8 Å². The lowest BCUT2D eigenvalue weighted by Crippen LogP contribution is -2.33. The van der Waals surface area contributed by atoms with Crippen molar-refractivity contribution < 1.29 is 4.74 Å². The van der Waals surface area contributed by atoms with E-state index in [0.29, 0.717) is 10.0 Å². The second kappa shape index (κ2) is 7.06. The van der Waals surface area contributed by atoms with Crippen molar-refractivity contribution in [3.05, 3.63) is 83.9 Å². The molecule has 2 aliphatic rings. The SMILES string of the molecule is Cc1ccc(C2=NN3C(C2)c2cc(Br)ccc2OC3c2ccc(Cl)cc2Cl)s1. The summed E-state index contributed by atoms with van der Waals surface area (Å²) in [5, 5.41) is 8.19. The van der Waals surface area contributed by atoms with E-state index in [0.717, 1.165) is 33.5 Å². The first-order valence-corrected chi connectivity index (χ1v) is 11.2. The number of rotatable bonds is 2. The van der Waals surface area contributed by atoms with Gasteiger partial charge in [0.15, 0.2) is 0 Å². The normalized spacial score (nSPS) is 20.4. The van der Waals surface area contributed by atoms with Crippen LogP contribution in [0.15, 0.2) is 58.1 Å². The molecule has 1 aromatic heterocycles. The Hall–Kier alpha value is -1.53. The van der Waals surface area contributed by atoms with Gasteiger partial charge >= 0.3 is 0 Å². The first-order chi connectivity index (χ1) is 13.5. The zero-order chi connectivity index (χ0) is 19.4. The van der Waals surface area contributed by atoms with Crippen LogP contribution in [0.5, 0.6) is 5.75 Å². The van der Waals surface area contributed by atoms with Crippen molar-refractivity contribution in [3.8, 4) is 5.75 Å². The second-order valence-corrected chi connectivity index (χ2v) is 9.92. The van der Waals surface area contributed by atoms with Gasteiger partial charge in [-0.3, -0.25) is 0 Å². The second-order valence-electron chi connectivity index (χ2n) is 6.88. The van der Waals surface area contributed by atoms with Crippen LogP contribution in [0, 0.1) is 6.92 Å². The maximum atomic E-state index is 6.52. The summed E-state index contributed by atoms with van der Waals surface area (Å²) >= 11 is 18.0. The van der Waals surface area contributed by atoms with Crippen LogP contribution in [-0.4, -0.2) is 10.7 Å². The molecule has 0 spiro atoms. The van der Waals surface area contributed by atoms with E-state index in [1.807, 2.05) is 29.3 Å². The molecule has 0 saturated heterocycles. The highest BCUT2D eigenvalue weighted by Crippen LogP contribution is 2.49. The largest absolute Gasteiger partial charge is 0.464 e. The number of halogens is 3. The number of hydrazone groups is 1. The number of hydrogen-bond donors (Lipinski definition) is 0. The van der Waals surface area contributed by atoms with Gasteiger partial charge in [-0.2, -0.15) is 5.10 Å². The summed E-state index contributed by atoms with van der Waals surface area (Å²) in [4.78, 5) is 2.48. The summed E-state index contributed by atoms with van der Waals surface area (Å²) in [6.45, 7) is 2.11. The summed E-state index contributed by atoms with van der Waals surface area (Å²) < 4.78 is 7.40. The number of ether oxygens (including phenoxy) is 1. The van der Waals surface area contributed by atoms with Crippen molar-refractivity contribution in [3.63, 3.8) is 0 Å². The molecule has 28 heavy (non-hydrogen) atoms. The average Bonchev–Trinajstić information content (AvgIpc) is 3.28. The van der Waals surface area contributed by atoms with Crippen molar-refractivity contribution in [2.75, 3.05) is 0 Å². The number of aryl methyl sites for hydroxylation is 1. The van der Waals surface area contributed by atoms with Crippen LogP contribution in [-0.2, 0) is 0 Å². The quantitative estimate of drug-likeness (QED) is 0.372. The minimum Gasteiger partial charge on any atom is -0.464 e. The Bertz CT molecular complexity index is 1110. The lowest BCUT2D eigenvalue weighted by Gasteiger charge is -2.38. The van der Waals surface area contributed by atoms with E-state index >= 15 is 0 Å². The van der Waals surface area contributed by atoms with E-state index in [4.69, 9.17) is 33.0 Å². The average molecular weight is 494 g/mol. The Morgan fingerprint density at radius 3 is 2.71 bits per heavy atom. The molecule has 7 heteroatoms. The maximum absolute atomic E-state index is 6.52. The minimum absolute atomic E-state index is 0.0930. The Morgan fingerprint density at radius 2 is 1.96 bits per heavy atom. The standard InChI is InChI=1S/C21H15BrCl2N2OS/c1-11-2-7-20(28-11)17-10-18-15-8-12(22)3-6-19(15)27-21(26(18)25-17)14-5-4-13(23)9-16(14)24/h2-9,18,21H,10H2,1H3. The third-order valence-electron chi connectivity index (χ3n) is 5.01. The number of benzene rings is 2. The summed E-state index contributed by atoms with van der Waals surface area (Å²) in [6, 6.07) is 16.0. The van der Waals surface area contributed by atoms with Gasteiger partial charge in [-0.1, -0.05) is 45.2 Å². The van der Waals surface area contributed by atoms with Gasteiger partial charge in [0.05, 0.1) is 21.7 Å². The Kier molecular flexibility index (Phi) is 4.67. The molecule has 2 atom stereocenters. The number of nitrogens with zero attached hydrogens (tertiary/aromatic N) is 2. The lowest BCUT2D eigenvalue weighted by molar-refractivity contribution is -0.0190. The molecule has 0 aliphatic carbocycles. The molecule has 3 heterocycles. The van der Waals surface area contributed by atoms with Crippen LogP contribution in [0.4, 0.5) is 0 Å². The minimum atomic E-state index is -0.401. The predicted octanol–water partition coefficient (Wildman–Crippen LogP) is 7.37. The van der Waals surface area contributed by atoms with Crippen LogP contribution >= 0.6 is 50.5 Å². The van der Waals surface area contributed by atoms with E-state index in [1.54, 1.807) is 17.4 Å². The van der Waals surface area contributed by atoms with Crippen molar-refractivity contribution in [1.82, 2.24) is 5.01 Å². The predicted molar refractivity (Wildman–Crippen MR) is 119 cm³/mol. The summed E-state index contributed by atoms with van der Waals surface area (Å²) in [6.07, 6.45) is 0.427. The van der Waals surface area contributed by atoms with Gasteiger partial charge in [0.25, 0.3) is 0 Å². The molecule has 0 bridgehead atoms. The molecular formula is C21H15BrCl2N2OS. The molecule has 0 N–H and O–H groups in total. The van der Waals surface area contributed by atoms with Gasteiger partial charge < -0.3 is 4.74 Å². The lowest BCUT2D eigenvalue weighted by atomic mass is 9.97. The smallest absolute Gasteiger partial charge is 0.215 e. The zero-order valence-corrected chi connectivity index (χ0v) is 18.7. The molecule has 3 nitrogen and oxygen atoms in total. The molecule has 0 radical (unpaired) electrons.